The minimum Gasteiger partial charge on any atom is -0.480 e. The quantitative estimate of drug-likeness (QED) is 0.867. The maximum atomic E-state index is 12.4. The van der Waals surface area contributed by atoms with Crippen molar-refractivity contribution in [1.29, 1.82) is 0 Å². The molecule has 1 fully saturated rings. The molecule has 22 heavy (non-hydrogen) atoms. The van der Waals surface area contributed by atoms with Gasteiger partial charge in [0.25, 0.3) is 5.91 Å². The number of hydrogen-bond acceptors (Lipinski definition) is 3. The van der Waals surface area contributed by atoms with E-state index in [0.29, 0.717) is 30.6 Å². The molecule has 0 spiro atoms. The minimum absolute atomic E-state index is 0.0109. The summed E-state index contributed by atoms with van der Waals surface area (Å²) in [6, 6.07) is 4.34. The van der Waals surface area contributed by atoms with E-state index in [-0.39, 0.29) is 5.91 Å². The molecular formula is C16H20N2O4. The number of amides is 2. The third-order valence-corrected chi connectivity index (χ3v) is 3.77. The van der Waals surface area contributed by atoms with Crippen molar-refractivity contribution in [3.63, 3.8) is 0 Å². The second-order valence-corrected chi connectivity index (χ2v) is 5.44. The zero-order chi connectivity index (χ0) is 16.3. The Morgan fingerprint density at radius 1 is 1.41 bits per heavy atom. The summed E-state index contributed by atoms with van der Waals surface area (Å²) in [5, 5.41) is 11.6. The largest absolute Gasteiger partial charge is 0.480 e. The summed E-state index contributed by atoms with van der Waals surface area (Å²) in [7, 11) is 0. The van der Waals surface area contributed by atoms with Crippen molar-refractivity contribution in [3.05, 3.63) is 29.3 Å². The molecule has 1 aromatic carbocycles. The van der Waals surface area contributed by atoms with Crippen LogP contribution in [0.5, 0.6) is 0 Å². The Hall–Kier alpha value is -2.37. The Morgan fingerprint density at radius 3 is 2.68 bits per heavy atom. The molecule has 0 unspecified atom stereocenters. The van der Waals surface area contributed by atoms with E-state index in [0.717, 1.165) is 12.0 Å². The first-order chi connectivity index (χ1) is 10.4. The number of anilines is 1. The number of aliphatic carboxylic acids is 1. The van der Waals surface area contributed by atoms with E-state index in [1.807, 2.05) is 13.0 Å². The van der Waals surface area contributed by atoms with Crippen LogP contribution in [0.15, 0.2) is 18.2 Å². The van der Waals surface area contributed by atoms with Crippen LogP contribution in [0.3, 0.4) is 0 Å². The zero-order valence-corrected chi connectivity index (χ0v) is 12.8. The SMILES string of the molecule is CC[C@H](NC(=O)c1cc(C)ccc1N1CCCC1=O)C(=O)O. The number of carboxylic acid groups (broad SMARTS) is 1. The van der Waals surface area contributed by atoms with Gasteiger partial charge in [0, 0.05) is 13.0 Å². The fourth-order valence-electron chi connectivity index (χ4n) is 2.54. The molecule has 1 atom stereocenters. The smallest absolute Gasteiger partial charge is 0.326 e. The van der Waals surface area contributed by atoms with Crippen LogP contribution in [-0.2, 0) is 9.59 Å². The van der Waals surface area contributed by atoms with Crippen molar-refractivity contribution in [2.75, 3.05) is 11.4 Å². The third kappa shape index (κ3) is 3.27. The van der Waals surface area contributed by atoms with Gasteiger partial charge in [0.2, 0.25) is 5.91 Å². The van der Waals surface area contributed by atoms with Crippen LogP contribution in [-0.4, -0.2) is 35.5 Å². The highest BCUT2D eigenvalue weighted by Crippen LogP contribution is 2.26. The summed E-state index contributed by atoms with van der Waals surface area (Å²) >= 11 is 0. The van der Waals surface area contributed by atoms with Gasteiger partial charge in [0.15, 0.2) is 0 Å². The highest BCUT2D eigenvalue weighted by molar-refractivity contribution is 6.06. The fraction of sp³-hybridized carbons (Fsp3) is 0.438. The van der Waals surface area contributed by atoms with Gasteiger partial charge in [-0.15, -0.1) is 0 Å². The number of carbonyl (C=O) groups is 3. The normalized spacial score (nSPS) is 15.7. The Bertz CT molecular complexity index is 612. The highest BCUT2D eigenvalue weighted by atomic mass is 16.4. The predicted molar refractivity (Wildman–Crippen MR) is 81.9 cm³/mol. The van der Waals surface area contributed by atoms with Gasteiger partial charge in [-0.1, -0.05) is 18.6 Å². The molecule has 6 nitrogen and oxygen atoms in total. The topological polar surface area (TPSA) is 86.7 Å². The van der Waals surface area contributed by atoms with Gasteiger partial charge in [0.1, 0.15) is 6.04 Å². The number of nitrogens with zero attached hydrogens (tertiary/aromatic N) is 1. The van der Waals surface area contributed by atoms with E-state index in [1.165, 1.54) is 0 Å². The van der Waals surface area contributed by atoms with Crippen LogP contribution in [0.2, 0.25) is 0 Å². The molecule has 1 saturated heterocycles. The van der Waals surface area contributed by atoms with E-state index in [4.69, 9.17) is 5.11 Å². The van der Waals surface area contributed by atoms with Crippen LogP contribution in [0.4, 0.5) is 5.69 Å². The molecule has 118 valence electrons. The Morgan fingerprint density at radius 2 is 2.14 bits per heavy atom. The highest BCUT2D eigenvalue weighted by Gasteiger charge is 2.27. The first kappa shape index (κ1) is 16.0. The number of carbonyl (C=O) groups excluding carboxylic acids is 2. The lowest BCUT2D eigenvalue weighted by atomic mass is 10.1. The monoisotopic (exact) mass is 304 g/mol. The number of nitrogens with one attached hydrogen (secondary N) is 1. The lowest BCUT2D eigenvalue weighted by Gasteiger charge is -2.21. The predicted octanol–water partition coefficient (Wildman–Crippen LogP) is 1.71. The molecule has 1 aliphatic heterocycles. The van der Waals surface area contributed by atoms with Gasteiger partial charge in [-0.25, -0.2) is 4.79 Å². The van der Waals surface area contributed by atoms with Crippen LogP contribution in [0.25, 0.3) is 0 Å². The van der Waals surface area contributed by atoms with Crippen molar-refractivity contribution >= 4 is 23.5 Å². The molecule has 0 bridgehead atoms. The van der Waals surface area contributed by atoms with Gasteiger partial charge in [-0.2, -0.15) is 0 Å². The first-order valence-corrected chi connectivity index (χ1v) is 7.38. The molecule has 0 saturated carbocycles. The van der Waals surface area contributed by atoms with Crippen molar-refractivity contribution in [2.45, 2.75) is 39.2 Å². The lowest BCUT2D eigenvalue weighted by Crippen LogP contribution is -2.41. The Balaban J connectivity index is 2.32. The van der Waals surface area contributed by atoms with Gasteiger partial charge >= 0.3 is 5.97 Å². The van der Waals surface area contributed by atoms with Gasteiger partial charge in [-0.05, 0) is 31.9 Å². The molecule has 2 amide bonds. The molecule has 2 N–H and O–H groups in total. The van der Waals surface area contributed by atoms with Crippen LogP contribution >= 0.6 is 0 Å². The van der Waals surface area contributed by atoms with Gasteiger partial charge < -0.3 is 15.3 Å². The molecule has 1 heterocycles. The zero-order valence-electron chi connectivity index (χ0n) is 12.8. The molecule has 0 aliphatic carbocycles. The lowest BCUT2D eigenvalue weighted by molar-refractivity contribution is -0.139. The second-order valence-electron chi connectivity index (χ2n) is 5.44. The fourth-order valence-corrected chi connectivity index (χ4v) is 2.54. The van der Waals surface area contributed by atoms with Crippen LogP contribution < -0.4 is 10.2 Å². The summed E-state index contributed by atoms with van der Waals surface area (Å²) < 4.78 is 0. The van der Waals surface area contributed by atoms with E-state index in [9.17, 15) is 14.4 Å². The second kappa shape index (κ2) is 6.60. The summed E-state index contributed by atoms with van der Waals surface area (Å²) in [5.41, 5.74) is 1.77. The number of hydrogen-bond donors (Lipinski definition) is 2. The molecule has 0 radical (unpaired) electrons. The van der Waals surface area contributed by atoms with E-state index in [2.05, 4.69) is 5.32 Å². The van der Waals surface area contributed by atoms with Crippen LogP contribution in [0, 0.1) is 6.92 Å². The maximum Gasteiger partial charge on any atom is 0.326 e. The number of carboxylic acids is 1. The van der Waals surface area contributed by atoms with E-state index in [1.54, 1.807) is 24.0 Å². The maximum absolute atomic E-state index is 12.4. The van der Waals surface area contributed by atoms with Crippen LogP contribution in [0.1, 0.15) is 42.1 Å². The molecular weight excluding hydrogens is 284 g/mol. The van der Waals surface area contributed by atoms with Crippen molar-refractivity contribution in [1.82, 2.24) is 5.32 Å². The van der Waals surface area contributed by atoms with Crippen molar-refractivity contribution < 1.29 is 19.5 Å². The first-order valence-electron chi connectivity index (χ1n) is 7.38. The average Bonchev–Trinajstić information content (AvgIpc) is 2.90. The van der Waals surface area contributed by atoms with Crippen molar-refractivity contribution in [3.8, 4) is 0 Å². The minimum atomic E-state index is -1.07. The summed E-state index contributed by atoms with van der Waals surface area (Å²) in [4.78, 5) is 37.0. The van der Waals surface area contributed by atoms with E-state index >= 15 is 0 Å². The number of benzene rings is 1. The van der Waals surface area contributed by atoms with Gasteiger partial charge in [-0.3, -0.25) is 9.59 Å². The molecule has 2 rings (SSSR count). The Kier molecular flexibility index (Phi) is 4.80. The molecule has 6 heteroatoms. The number of rotatable bonds is 5. The Labute approximate surface area is 129 Å². The van der Waals surface area contributed by atoms with Gasteiger partial charge in [0.05, 0.1) is 11.3 Å². The summed E-state index contributed by atoms with van der Waals surface area (Å²) in [6.45, 7) is 4.12. The number of aryl methyl sites for hydroxylation is 1. The molecule has 1 aromatic rings. The third-order valence-electron chi connectivity index (χ3n) is 3.77. The standard InChI is InChI=1S/C16H20N2O4/c1-3-12(16(21)22)17-15(20)11-9-10(2)6-7-13(11)18-8-4-5-14(18)19/h6-7,9,12H,3-5,8H2,1-2H3,(H,17,20)(H,21,22)/t12-/m0/s1. The summed E-state index contributed by atoms with van der Waals surface area (Å²) in [5.74, 6) is -1.54. The van der Waals surface area contributed by atoms with E-state index < -0.39 is 17.9 Å². The molecule has 1 aliphatic rings. The molecule has 0 aromatic heterocycles. The average molecular weight is 304 g/mol. The summed E-state index contributed by atoms with van der Waals surface area (Å²) in [6.07, 6.45) is 1.53. The van der Waals surface area contributed by atoms with Crippen molar-refractivity contribution in [2.24, 2.45) is 0 Å².